The van der Waals surface area contributed by atoms with Crippen LogP contribution in [0.25, 0.3) is 0 Å². The minimum atomic E-state index is -1.64. The van der Waals surface area contributed by atoms with Gasteiger partial charge in [0.1, 0.15) is 11.7 Å². The van der Waals surface area contributed by atoms with Gasteiger partial charge in [-0.2, -0.15) is 15.8 Å². The number of hydrogen-bond acceptors (Lipinski definition) is 6. The highest BCUT2D eigenvalue weighted by molar-refractivity contribution is 6.08. The van der Waals surface area contributed by atoms with Crippen LogP contribution in [0.3, 0.4) is 0 Å². The first-order valence-corrected chi connectivity index (χ1v) is 10.1. The number of rotatable bonds is 1. The van der Waals surface area contributed by atoms with E-state index >= 15 is 0 Å². The van der Waals surface area contributed by atoms with Crippen LogP contribution in [0.1, 0.15) is 70.6 Å². The normalized spacial score (nSPS) is 38.5. The number of hydrogen-bond donors (Lipinski definition) is 1. The van der Waals surface area contributed by atoms with E-state index in [0.29, 0.717) is 19.1 Å². The Bertz CT molecular complexity index is 742. The molecule has 0 amide bonds. The molecule has 142 valence electrons. The molecule has 0 aromatic rings. The number of carbonyl (C=O) groups excluding carboxylic acids is 1. The van der Waals surface area contributed by atoms with Crippen molar-refractivity contribution < 1.29 is 9.90 Å². The molecule has 2 saturated carbocycles. The van der Waals surface area contributed by atoms with Crippen LogP contribution in [0.5, 0.6) is 0 Å². The second kappa shape index (κ2) is 7.41. The van der Waals surface area contributed by atoms with Crippen LogP contribution in [-0.2, 0) is 4.79 Å². The molecule has 3 rings (SSSR count). The smallest absolute Gasteiger partial charge is 0.169 e. The minimum Gasteiger partial charge on any atom is -0.369 e. The average molecular weight is 366 g/mol. The Morgan fingerprint density at radius 1 is 0.963 bits per heavy atom. The maximum atomic E-state index is 11.7. The fraction of sp³-hybridized carbons (Fsp3) is 0.762. The van der Waals surface area contributed by atoms with Crippen LogP contribution in [0.4, 0.5) is 0 Å². The lowest BCUT2D eigenvalue weighted by atomic mass is 9.58. The quantitative estimate of drug-likeness (QED) is 0.713. The number of fused-ring (bicyclic) bond motifs is 3. The van der Waals surface area contributed by atoms with Crippen LogP contribution in [-0.4, -0.2) is 22.8 Å². The Kier molecular flexibility index (Phi) is 5.36. The van der Waals surface area contributed by atoms with Crippen molar-refractivity contribution in [3.63, 3.8) is 0 Å². The molecule has 2 aliphatic carbocycles. The van der Waals surface area contributed by atoms with E-state index in [4.69, 9.17) is 0 Å². The van der Waals surface area contributed by atoms with E-state index in [9.17, 15) is 25.7 Å². The molecule has 0 bridgehead atoms. The van der Waals surface area contributed by atoms with E-state index in [-0.39, 0.29) is 12.1 Å². The number of nitrogens with zero attached hydrogens (tertiary/aromatic N) is 4. The van der Waals surface area contributed by atoms with Crippen molar-refractivity contribution in [3.8, 4) is 18.2 Å². The molecular formula is C21H26N4O2. The molecule has 6 heteroatoms. The van der Waals surface area contributed by atoms with Crippen molar-refractivity contribution in [2.24, 2.45) is 27.7 Å². The lowest BCUT2D eigenvalue weighted by Gasteiger charge is -2.39. The SMILES string of the molecule is N#CC1(C#N)CC(C=O)C2=N[C@@]3(O)CCCCCCCCCC[C@H]3[C@]21C#N. The second-order valence-electron chi connectivity index (χ2n) is 8.29. The van der Waals surface area contributed by atoms with Gasteiger partial charge in [-0.05, 0) is 25.7 Å². The largest absolute Gasteiger partial charge is 0.369 e. The van der Waals surface area contributed by atoms with Crippen molar-refractivity contribution >= 4 is 12.0 Å². The molecule has 4 atom stereocenters. The zero-order chi connectivity index (χ0) is 19.5. The van der Waals surface area contributed by atoms with Crippen LogP contribution in [0.2, 0.25) is 0 Å². The van der Waals surface area contributed by atoms with Crippen LogP contribution >= 0.6 is 0 Å². The first-order valence-electron chi connectivity index (χ1n) is 10.1. The Balaban J connectivity index is 2.10. The maximum Gasteiger partial charge on any atom is 0.169 e. The number of aliphatic imine (C=N–C) groups is 1. The lowest BCUT2D eigenvalue weighted by Crippen LogP contribution is -2.49. The molecule has 2 fully saturated rings. The fourth-order valence-electron chi connectivity index (χ4n) is 5.49. The molecule has 3 aliphatic rings. The van der Waals surface area contributed by atoms with Gasteiger partial charge < -0.3 is 9.90 Å². The van der Waals surface area contributed by atoms with E-state index < -0.39 is 28.4 Å². The summed E-state index contributed by atoms with van der Waals surface area (Å²) in [6.45, 7) is 0. The highest BCUT2D eigenvalue weighted by Gasteiger charge is 2.74. The van der Waals surface area contributed by atoms with Crippen LogP contribution in [0.15, 0.2) is 4.99 Å². The van der Waals surface area contributed by atoms with Crippen molar-refractivity contribution in [1.29, 1.82) is 15.8 Å². The number of aldehydes is 1. The molecule has 27 heavy (non-hydrogen) atoms. The third-order valence-electron chi connectivity index (χ3n) is 6.86. The van der Waals surface area contributed by atoms with Gasteiger partial charge in [0.15, 0.2) is 11.1 Å². The molecule has 0 aromatic heterocycles. The first-order chi connectivity index (χ1) is 13.0. The maximum absolute atomic E-state index is 11.7. The third kappa shape index (κ3) is 2.77. The van der Waals surface area contributed by atoms with Crippen LogP contribution < -0.4 is 0 Å². The zero-order valence-electron chi connectivity index (χ0n) is 15.7. The molecule has 0 aromatic carbocycles. The molecule has 1 unspecified atom stereocenters. The predicted octanol–water partition coefficient (Wildman–Crippen LogP) is 3.42. The van der Waals surface area contributed by atoms with Gasteiger partial charge in [-0.3, -0.25) is 4.99 Å². The summed E-state index contributed by atoms with van der Waals surface area (Å²) in [6, 6.07) is 6.35. The molecule has 1 aliphatic heterocycles. The van der Waals surface area contributed by atoms with Crippen molar-refractivity contribution in [2.75, 3.05) is 0 Å². The molecule has 1 N–H and O–H groups in total. The first kappa shape index (κ1) is 19.5. The van der Waals surface area contributed by atoms with Gasteiger partial charge in [0.25, 0.3) is 0 Å². The Labute approximate surface area is 160 Å². The minimum absolute atomic E-state index is 0.0114. The summed E-state index contributed by atoms with van der Waals surface area (Å²) >= 11 is 0. The topological polar surface area (TPSA) is 121 Å². The van der Waals surface area contributed by atoms with E-state index in [1.807, 2.05) is 0 Å². The Morgan fingerprint density at radius 3 is 2.11 bits per heavy atom. The molecular weight excluding hydrogens is 340 g/mol. The average Bonchev–Trinajstić information content (AvgIpc) is 3.08. The van der Waals surface area contributed by atoms with Gasteiger partial charge in [0.05, 0.1) is 24.1 Å². The summed E-state index contributed by atoms with van der Waals surface area (Å²) in [6.07, 6.45) is 9.78. The van der Waals surface area contributed by atoms with Gasteiger partial charge >= 0.3 is 0 Å². The molecule has 1 heterocycles. The molecule has 0 saturated heterocycles. The summed E-state index contributed by atoms with van der Waals surface area (Å²) < 4.78 is 0. The monoisotopic (exact) mass is 366 g/mol. The number of carbonyl (C=O) groups is 1. The number of aliphatic hydroxyl groups is 1. The van der Waals surface area contributed by atoms with Gasteiger partial charge in [0, 0.05) is 11.6 Å². The fourth-order valence-corrected chi connectivity index (χ4v) is 5.49. The summed E-state index contributed by atoms with van der Waals surface area (Å²) in [4.78, 5) is 16.2. The Morgan fingerprint density at radius 2 is 1.56 bits per heavy atom. The summed E-state index contributed by atoms with van der Waals surface area (Å²) in [5, 5.41) is 41.4. The predicted molar refractivity (Wildman–Crippen MR) is 97.9 cm³/mol. The lowest BCUT2D eigenvalue weighted by molar-refractivity contribution is -0.109. The van der Waals surface area contributed by atoms with Gasteiger partial charge in [-0.15, -0.1) is 0 Å². The van der Waals surface area contributed by atoms with Crippen LogP contribution in [0, 0.1) is 56.7 Å². The zero-order valence-corrected chi connectivity index (χ0v) is 15.7. The van der Waals surface area contributed by atoms with E-state index in [1.54, 1.807) is 0 Å². The Hall–Kier alpha value is -2.23. The van der Waals surface area contributed by atoms with E-state index in [1.165, 1.54) is 12.8 Å². The standard InChI is InChI=1S/C21H26N4O2/c22-13-19(14-23)11-16(12-26)18-20(19,15-24)17-9-7-5-3-1-2-4-6-8-10-21(17,27)25-18/h12,16-17,27H,1-11H2/t16?,17-,20+,21+/m0/s1. The summed E-state index contributed by atoms with van der Waals surface area (Å²) in [5.74, 6) is -1.37. The molecule has 0 spiro atoms. The highest BCUT2D eigenvalue weighted by atomic mass is 16.3. The van der Waals surface area contributed by atoms with Crippen molar-refractivity contribution in [1.82, 2.24) is 0 Å². The summed E-state index contributed by atoms with van der Waals surface area (Å²) in [7, 11) is 0. The highest BCUT2D eigenvalue weighted by Crippen LogP contribution is 2.64. The third-order valence-corrected chi connectivity index (χ3v) is 6.86. The van der Waals surface area contributed by atoms with Crippen molar-refractivity contribution in [3.05, 3.63) is 0 Å². The molecule has 6 nitrogen and oxygen atoms in total. The number of nitriles is 3. The van der Waals surface area contributed by atoms with Gasteiger partial charge in [-0.25, -0.2) is 0 Å². The van der Waals surface area contributed by atoms with Gasteiger partial charge in [-0.1, -0.05) is 44.9 Å². The van der Waals surface area contributed by atoms with E-state index in [2.05, 4.69) is 23.2 Å². The second-order valence-corrected chi connectivity index (χ2v) is 8.29. The molecule has 0 radical (unpaired) electrons. The van der Waals surface area contributed by atoms with E-state index in [0.717, 1.165) is 38.5 Å². The van der Waals surface area contributed by atoms with Crippen molar-refractivity contribution in [2.45, 2.75) is 76.4 Å². The van der Waals surface area contributed by atoms with Gasteiger partial charge in [0.2, 0.25) is 0 Å². The summed E-state index contributed by atoms with van der Waals surface area (Å²) in [5.41, 5.74) is -4.34.